The molecule has 0 bridgehead atoms. The number of fused-ring (bicyclic) bond motifs is 3. The van der Waals surface area contributed by atoms with E-state index in [9.17, 15) is 9.59 Å². The molecular weight excluding hydrogens is 278 g/mol. The molecule has 4 rings (SSSR count). The van der Waals surface area contributed by atoms with Crippen LogP contribution in [0.15, 0.2) is 41.3 Å². The Morgan fingerprint density at radius 1 is 1.18 bits per heavy atom. The summed E-state index contributed by atoms with van der Waals surface area (Å²) in [5.41, 5.74) is 2.59. The van der Waals surface area contributed by atoms with Crippen molar-refractivity contribution in [2.75, 3.05) is 0 Å². The molecule has 1 unspecified atom stereocenters. The molecule has 0 spiro atoms. The lowest BCUT2D eigenvalue weighted by molar-refractivity contribution is 0.0953. The van der Waals surface area contributed by atoms with Crippen LogP contribution in [0.2, 0.25) is 0 Å². The van der Waals surface area contributed by atoms with Gasteiger partial charge in [-0.3, -0.25) is 14.7 Å². The van der Waals surface area contributed by atoms with Gasteiger partial charge in [0.15, 0.2) is 11.4 Å². The van der Waals surface area contributed by atoms with Crippen molar-refractivity contribution < 1.29 is 4.79 Å². The van der Waals surface area contributed by atoms with Crippen LogP contribution < -0.4 is 5.56 Å². The Balaban J connectivity index is 2.03. The maximum atomic E-state index is 12.8. The molecule has 5 nitrogen and oxygen atoms in total. The highest BCUT2D eigenvalue weighted by molar-refractivity contribution is 6.02. The molecule has 0 saturated heterocycles. The summed E-state index contributed by atoms with van der Waals surface area (Å²) in [6.07, 6.45) is 2.86. The zero-order valence-corrected chi connectivity index (χ0v) is 12.2. The highest BCUT2D eigenvalue weighted by atomic mass is 16.1. The van der Waals surface area contributed by atoms with E-state index >= 15 is 0 Å². The van der Waals surface area contributed by atoms with E-state index in [4.69, 9.17) is 0 Å². The Bertz CT molecular complexity index is 938. The van der Waals surface area contributed by atoms with Crippen LogP contribution in [0.1, 0.15) is 29.3 Å². The Morgan fingerprint density at radius 3 is 2.73 bits per heavy atom. The number of nitrogens with zero attached hydrogens (tertiary/aromatic N) is 2. The van der Waals surface area contributed by atoms with E-state index in [-0.39, 0.29) is 17.3 Å². The van der Waals surface area contributed by atoms with E-state index in [1.54, 1.807) is 6.20 Å². The highest BCUT2D eigenvalue weighted by Gasteiger charge is 2.27. The highest BCUT2D eigenvalue weighted by Crippen LogP contribution is 2.28. The number of aromatic nitrogens is 3. The third-order valence-electron chi connectivity index (χ3n) is 4.22. The lowest BCUT2D eigenvalue weighted by atomic mass is 9.84. The summed E-state index contributed by atoms with van der Waals surface area (Å²) in [4.78, 5) is 29.2. The van der Waals surface area contributed by atoms with Crippen molar-refractivity contribution >= 4 is 16.8 Å². The zero-order valence-electron chi connectivity index (χ0n) is 12.2. The summed E-state index contributed by atoms with van der Waals surface area (Å²) < 4.78 is 1.49. The topological polar surface area (TPSA) is 67.8 Å². The van der Waals surface area contributed by atoms with Gasteiger partial charge in [-0.05, 0) is 30.0 Å². The van der Waals surface area contributed by atoms with Gasteiger partial charge in [0.05, 0.1) is 11.1 Å². The number of ketones is 1. The number of para-hydroxylation sites is 1. The van der Waals surface area contributed by atoms with Crippen molar-refractivity contribution in [3.8, 4) is 5.69 Å². The van der Waals surface area contributed by atoms with Crippen LogP contribution in [0.4, 0.5) is 0 Å². The molecule has 1 atom stereocenters. The van der Waals surface area contributed by atoms with E-state index in [1.165, 1.54) is 4.68 Å². The molecule has 0 fully saturated rings. The molecule has 3 aromatic rings. The summed E-state index contributed by atoms with van der Waals surface area (Å²) in [7, 11) is 0. The number of benzene rings is 1. The van der Waals surface area contributed by atoms with Crippen molar-refractivity contribution in [3.63, 3.8) is 0 Å². The third kappa shape index (κ3) is 1.82. The van der Waals surface area contributed by atoms with E-state index in [2.05, 4.69) is 10.1 Å². The largest absolute Gasteiger partial charge is 0.294 e. The molecule has 0 amide bonds. The normalized spacial score (nSPS) is 17.7. The fraction of sp³-hybridized carbons (Fsp3) is 0.235. The molecule has 1 N–H and O–H groups in total. The van der Waals surface area contributed by atoms with Crippen molar-refractivity contribution in [1.29, 1.82) is 0 Å². The van der Waals surface area contributed by atoms with Gasteiger partial charge in [-0.25, -0.2) is 9.67 Å². The lowest BCUT2D eigenvalue weighted by Crippen LogP contribution is -2.21. The summed E-state index contributed by atoms with van der Waals surface area (Å²) >= 11 is 0. The quantitative estimate of drug-likeness (QED) is 0.749. The summed E-state index contributed by atoms with van der Waals surface area (Å²) in [6, 6.07) is 9.37. The Labute approximate surface area is 126 Å². The molecule has 22 heavy (non-hydrogen) atoms. The number of carbonyl (C=O) groups is 1. The zero-order chi connectivity index (χ0) is 15.3. The molecule has 5 heteroatoms. The maximum Gasteiger partial charge on any atom is 0.281 e. The van der Waals surface area contributed by atoms with Gasteiger partial charge < -0.3 is 0 Å². The minimum absolute atomic E-state index is 0.0787. The molecule has 1 aliphatic carbocycles. The van der Waals surface area contributed by atoms with Crippen LogP contribution in [-0.2, 0) is 6.42 Å². The minimum atomic E-state index is -0.146. The average Bonchev–Trinajstić information content (AvgIpc) is 2.85. The standard InChI is InChI=1S/C17H15N3O2/c1-10-7-12-13(14(21)8-10)9-18-16-15(12)17(22)20(19-16)11-5-3-2-4-6-11/h2-6,9-10H,7-8H2,1H3,(H,18,19). The minimum Gasteiger partial charge on any atom is -0.294 e. The summed E-state index contributed by atoms with van der Waals surface area (Å²) in [6.45, 7) is 2.04. The Kier molecular flexibility index (Phi) is 2.76. The number of Topliss-reactive ketones (excluding diaryl/α,β-unsaturated/α-hetero) is 1. The number of H-pyrrole nitrogens is 1. The molecule has 2 aromatic heterocycles. The Hall–Kier alpha value is -2.69. The number of pyridine rings is 1. The van der Waals surface area contributed by atoms with Crippen LogP contribution in [-0.4, -0.2) is 20.5 Å². The number of hydrogen-bond acceptors (Lipinski definition) is 3. The predicted octanol–water partition coefficient (Wildman–Crippen LogP) is 2.48. The predicted molar refractivity (Wildman–Crippen MR) is 83.5 cm³/mol. The van der Waals surface area contributed by atoms with Crippen molar-refractivity contribution in [2.45, 2.75) is 19.8 Å². The number of carbonyl (C=O) groups excluding carboxylic acids is 1. The smallest absolute Gasteiger partial charge is 0.281 e. The van der Waals surface area contributed by atoms with Gasteiger partial charge in [0.1, 0.15) is 0 Å². The van der Waals surface area contributed by atoms with Crippen molar-refractivity contribution in [1.82, 2.24) is 14.8 Å². The number of aromatic amines is 1. The van der Waals surface area contributed by atoms with Gasteiger partial charge in [0.2, 0.25) is 0 Å². The van der Waals surface area contributed by atoms with Crippen LogP contribution in [0, 0.1) is 5.92 Å². The molecule has 0 radical (unpaired) electrons. The Morgan fingerprint density at radius 2 is 1.95 bits per heavy atom. The van der Waals surface area contributed by atoms with Crippen LogP contribution in [0.25, 0.3) is 16.7 Å². The first-order valence-corrected chi connectivity index (χ1v) is 7.36. The molecule has 1 aliphatic rings. The maximum absolute atomic E-state index is 12.8. The van der Waals surface area contributed by atoms with E-state index in [0.717, 1.165) is 17.7 Å². The molecule has 0 aliphatic heterocycles. The second-order valence-corrected chi connectivity index (χ2v) is 5.90. The van der Waals surface area contributed by atoms with Gasteiger partial charge >= 0.3 is 0 Å². The molecular formula is C17H15N3O2. The van der Waals surface area contributed by atoms with Crippen molar-refractivity contribution in [3.05, 3.63) is 58.0 Å². The number of nitrogens with one attached hydrogen (secondary N) is 1. The first kappa shape index (κ1) is 13.0. The SMILES string of the molecule is CC1CC(=O)c2cnc3[nH]n(-c4ccccc4)c(=O)c3c2C1. The second kappa shape index (κ2) is 4.66. The second-order valence-electron chi connectivity index (χ2n) is 5.90. The molecule has 2 heterocycles. The van der Waals surface area contributed by atoms with Gasteiger partial charge in [0, 0.05) is 18.2 Å². The molecule has 1 aromatic carbocycles. The molecule has 0 saturated carbocycles. The van der Waals surface area contributed by atoms with Crippen LogP contribution in [0.5, 0.6) is 0 Å². The van der Waals surface area contributed by atoms with Gasteiger partial charge in [-0.1, -0.05) is 25.1 Å². The summed E-state index contributed by atoms with van der Waals surface area (Å²) in [5.74, 6) is 0.333. The van der Waals surface area contributed by atoms with E-state index in [0.29, 0.717) is 23.0 Å². The fourth-order valence-corrected chi connectivity index (χ4v) is 3.19. The third-order valence-corrected chi connectivity index (χ3v) is 4.22. The van der Waals surface area contributed by atoms with Crippen LogP contribution >= 0.6 is 0 Å². The average molecular weight is 293 g/mol. The van der Waals surface area contributed by atoms with Gasteiger partial charge in [-0.15, -0.1) is 0 Å². The fourth-order valence-electron chi connectivity index (χ4n) is 3.19. The lowest BCUT2D eigenvalue weighted by Gasteiger charge is -2.19. The van der Waals surface area contributed by atoms with Gasteiger partial charge in [-0.2, -0.15) is 0 Å². The molecule has 110 valence electrons. The van der Waals surface area contributed by atoms with E-state index < -0.39 is 0 Å². The summed E-state index contributed by atoms with van der Waals surface area (Å²) in [5, 5.41) is 3.58. The van der Waals surface area contributed by atoms with Crippen molar-refractivity contribution in [2.24, 2.45) is 5.92 Å². The van der Waals surface area contributed by atoms with Crippen LogP contribution in [0.3, 0.4) is 0 Å². The number of rotatable bonds is 1. The first-order chi connectivity index (χ1) is 10.6. The monoisotopic (exact) mass is 293 g/mol. The number of hydrogen-bond donors (Lipinski definition) is 1. The van der Waals surface area contributed by atoms with Gasteiger partial charge in [0.25, 0.3) is 5.56 Å². The van der Waals surface area contributed by atoms with E-state index in [1.807, 2.05) is 37.3 Å². The first-order valence-electron chi connectivity index (χ1n) is 7.36.